The van der Waals surface area contributed by atoms with Gasteiger partial charge in [0.15, 0.2) is 0 Å². The van der Waals surface area contributed by atoms with Crippen LogP contribution >= 0.6 is 0 Å². The fourth-order valence-corrected chi connectivity index (χ4v) is 2.86. The van der Waals surface area contributed by atoms with Crippen molar-refractivity contribution in [2.24, 2.45) is 17.6 Å². The summed E-state index contributed by atoms with van der Waals surface area (Å²) < 4.78 is 5.80. The van der Waals surface area contributed by atoms with E-state index in [1.165, 1.54) is 25.9 Å². The number of likely N-dealkylation sites (tertiary alicyclic amines) is 1. The van der Waals surface area contributed by atoms with Gasteiger partial charge in [-0.2, -0.15) is 0 Å². The molecule has 1 aromatic carbocycles. The number of nitrogens with zero attached hydrogens (tertiary/aromatic N) is 1. The molecule has 1 aliphatic rings. The summed E-state index contributed by atoms with van der Waals surface area (Å²) in [5.74, 6) is 2.68. The van der Waals surface area contributed by atoms with Crippen LogP contribution in [-0.2, 0) is 6.54 Å². The molecule has 1 fully saturated rings. The van der Waals surface area contributed by atoms with E-state index < -0.39 is 0 Å². The van der Waals surface area contributed by atoms with Crippen molar-refractivity contribution in [1.82, 2.24) is 4.90 Å². The lowest BCUT2D eigenvalue weighted by molar-refractivity contribution is 0.136. The fraction of sp³-hybridized carbons (Fsp3) is 0.647. The van der Waals surface area contributed by atoms with Crippen molar-refractivity contribution in [1.29, 1.82) is 0 Å². The third-order valence-corrected chi connectivity index (χ3v) is 4.41. The van der Waals surface area contributed by atoms with E-state index in [1.54, 1.807) is 0 Å². The summed E-state index contributed by atoms with van der Waals surface area (Å²) in [5.41, 5.74) is 6.73. The van der Waals surface area contributed by atoms with Crippen LogP contribution in [0.3, 0.4) is 0 Å². The molecule has 0 saturated carbocycles. The van der Waals surface area contributed by atoms with Gasteiger partial charge in [0.1, 0.15) is 12.4 Å². The molecule has 0 spiro atoms. The van der Waals surface area contributed by atoms with Crippen LogP contribution in [0.2, 0.25) is 0 Å². The van der Waals surface area contributed by atoms with Crippen LogP contribution in [0.4, 0.5) is 0 Å². The topological polar surface area (TPSA) is 38.5 Å². The van der Waals surface area contributed by atoms with E-state index in [2.05, 4.69) is 18.7 Å². The largest absolute Gasteiger partial charge is 0.492 e. The molecule has 1 saturated heterocycles. The van der Waals surface area contributed by atoms with Crippen molar-refractivity contribution in [2.45, 2.75) is 33.2 Å². The second-order valence-corrected chi connectivity index (χ2v) is 6.12. The molecule has 2 N–H and O–H groups in total. The quantitative estimate of drug-likeness (QED) is 0.868. The molecule has 0 amide bonds. The average molecular weight is 276 g/mol. The standard InChI is InChI=1S/C17H28N2O/c1-14(2)16-7-9-19(10-8-16)11-12-20-17-5-3-15(13-18)4-6-17/h3-6,14,16H,7-13,18H2,1-2H3. The van der Waals surface area contributed by atoms with Gasteiger partial charge in [-0.3, -0.25) is 4.90 Å². The lowest BCUT2D eigenvalue weighted by Gasteiger charge is -2.33. The lowest BCUT2D eigenvalue weighted by Crippen LogP contribution is -2.37. The molecule has 0 unspecified atom stereocenters. The molecular formula is C17H28N2O. The summed E-state index contributed by atoms with van der Waals surface area (Å²) in [6.07, 6.45) is 2.67. The number of rotatable bonds is 6. The number of hydrogen-bond acceptors (Lipinski definition) is 3. The summed E-state index contributed by atoms with van der Waals surface area (Å²) in [6, 6.07) is 8.08. The smallest absolute Gasteiger partial charge is 0.119 e. The van der Waals surface area contributed by atoms with Crippen molar-refractivity contribution in [3.8, 4) is 5.75 Å². The second-order valence-electron chi connectivity index (χ2n) is 6.12. The zero-order chi connectivity index (χ0) is 14.4. The molecule has 1 heterocycles. The zero-order valence-corrected chi connectivity index (χ0v) is 12.8. The van der Waals surface area contributed by atoms with Gasteiger partial charge in [-0.1, -0.05) is 26.0 Å². The van der Waals surface area contributed by atoms with Gasteiger partial charge in [0.05, 0.1) is 0 Å². The molecule has 1 aliphatic heterocycles. The highest BCUT2D eigenvalue weighted by molar-refractivity contribution is 5.27. The number of benzene rings is 1. The van der Waals surface area contributed by atoms with Crippen molar-refractivity contribution in [3.63, 3.8) is 0 Å². The van der Waals surface area contributed by atoms with Crippen LogP contribution in [0.25, 0.3) is 0 Å². The predicted octanol–water partition coefficient (Wildman–Crippen LogP) is 2.89. The molecule has 20 heavy (non-hydrogen) atoms. The first-order valence-corrected chi connectivity index (χ1v) is 7.83. The normalized spacial score (nSPS) is 17.6. The van der Waals surface area contributed by atoms with E-state index in [4.69, 9.17) is 10.5 Å². The van der Waals surface area contributed by atoms with Gasteiger partial charge in [0, 0.05) is 13.1 Å². The predicted molar refractivity (Wildman–Crippen MR) is 83.8 cm³/mol. The maximum Gasteiger partial charge on any atom is 0.119 e. The van der Waals surface area contributed by atoms with E-state index >= 15 is 0 Å². The minimum Gasteiger partial charge on any atom is -0.492 e. The summed E-state index contributed by atoms with van der Waals surface area (Å²) in [4.78, 5) is 2.52. The van der Waals surface area contributed by atoms with Crippen LogP contribution < -0.4 is 10.5 Å². The van der Waals surface area contributed by atoms with E-state index in [0.29, 0.717) is 6.54 Å². The van der Waals surface area contributed by atoms with Gasteiger partial charge in [-0.15, -0.1) is 0 Å². The second kappa shape index (κ2) is 7.65. The molecule has 0 radical (unpaired) electrons. The lowest BCUT2D eigenvalue weighted by atomic mass is 9.87. The Kier molecular flexibility index (Phi) is 5.86. The minimum absolute atomic E-state index is 0.588. The number of ether oxygens (including phenoxy) is 1. The molecule has 0 aromatic heterocycles. The summed E-state index contributed by atoms with van der Waals surface area (Å²) in [7, 11) is 0. The highest BCUT2D eigenvalue weighted by Gasteiger charge is 2.21. The molecule has 0 bridgehead atoms. The van der Waals surface area contributed by atoms with E-state index in [1.807, 2.05) is 24.3 Å². The maximum absolute atomic E-state index is 5.80. The third kappa shape index (κ3) is 4.50. The van der Waals surface area contributed by atoms with Gasteiger partial charge in [-0.25, -0.2) is 0 Å². The molecule has 3 nitrogen and oxygen atoms in total. The van der Waals surface area contributed by atoms with Crippen molar-refractivity contribution < 1.29 is 4.74 Å². The van der Waals surface area contributed by atoms with Crippen molar-refractivity contribution >= 4 is 0 Å². The molecular weight excluding hydrogens is 248 g/mol. The molecule has 0 aliphatic carbocycles. The van der Waals surface area contributed by atoms with E-state index in [-0.39, 0.29) is 0 Å². The van der Waals surface area contributed by atoms with E-state index in [0.717, 1.165) is 36.3 Å². The summed E-state index contributed by atoms with van der Waals surface area (Å²) >= 11 is 0. The first-order chi connectivity index (χ1) is 9.69. The highest BCUT2D eigenvalue weighted by atomic mass is 16.5. The Morgan fingerprint density at radius 1 is 1.20 bits per heavy atom. The summed E-state index contributed by atoms with van der Waals surface area (Å²) in [6.45, 7) is 9.52. The number of nitrogens with two attached hydrogens (primary N) is 1. The SMILES string of the molecule is CC(C)C1CCN(CCOc2ccc(CN)cc2)CC1. The minimum atomic E-state index is 0.588. The van der Waals surface area contributed by atoms with Crippen LogP contribution in [0.5, 0.6) is 5.75 Å². The Labute approximate surface area is 123 Å². The first kappa shape index (κ1) is 15.3. The molecule has 0 atom stereocenters. The molecule has 1 aromatic rings. The fourth-order valence-electron chi connectivity index (χ4n) is 2.86. The first-order valence-electron chi connectivity index (χ1n) is 7.83. The Bertz CT molecular complexity index is 380. The highest BCUT2D eigenvalue weighted by Crippen LogP contribution is 2.24. The Morgan fingerprint density at radius 2 is 1.85 bits per heavy atom. The summed E-state index contributed by atoms with van der Waals surface area (Å²) in [5, 5.41) is 0. The average Bonchev–Trinajstić information content (AvgIpc) is 2.48. The van der Waals surface area contributed by atoms with Gasteiger partial charge >= 0.3 is 0 Å². The van der Waals surface area contributed by atoms with Gasteiger partial charge in [-0.05, 0) is 55.5 Å². The van der Waals surface area contributed by atoms with Crippen molar-refractivity contribution in [2.75, 3.05) is 26.2 Å². The van der Waals surface area contributed by atoms with Crippen LogP contribution in [0, 0.1) is 11.8 Å². The van der Waals surface area contributed by atoms with Crippen LogP contribution in [-0.4, -0.2) is 31.1 Å². The third-order valence-electron chi connectivity index (χ3n) is 4.41. The maximum atomic E-state index is 5.80. The zero-order valence-electron chi connectivity index (χ0n) is 12.8. The van der Waals surface area contributed by atoms with Crippen LogP contribution in [0.1, 0.15) is 32.3 Å². The van der Waals surface area contributed by atoms with E-state index in [9.17, 15) is 0 Å². The van der Waals surface area contributed by atoms with Gasteiger partial charge in [0.25, 0.3) is 0 Å². The van der Waals surface area contributed by atoms with Crippen LogP contribution in [0.15, 0.2) is 24.3 Å². The Balaban J connectivity index is 1.66. The Morgan fingerprint density at radius 3 is 2.40 bits per heavy atom. The van der Waals surface area contributed by atoms with Gasteiger partial charge < -0.3 is 10.5 Å². The molecule has 112 valence electrons. The monoisotopic (exact) mass is 276 g/mol. The molecule has 3 heteroatoms. The molecule has 2 rings (SSSR count). The Hall–Kier alpha value is -1.06. The number of piperidine rings is 1. The van der Waals surface area contributed by atoms with Crippen molar-refractivity contribution in [3.05, 3.63) is 29.8 Å². The van der Waals surface area contributed by atoms with Gasteiger partial charge in [0.2, 0.25) is 0 Å². The number of hydrogen-bond donors (Lipinski definition) is 1.